The van der Waals surface area contributed by atoms with Crippen molar-refractivity contribution in [1.82, 2.24) is 4.98 Å². The molecule has 0 saturated heterocycles. The van der Waals surface area contributed by atoms with E-state index in [1.54, 1.807) is 24.4 Å². The van der Waals surface area contributed by atoms with Crippen LogP contribution in [0.4, 0.5) is 11.4 Å². The van der Waals surface area contributed by atoms with Gasteiger partial charge in [0.15, 0.2) is 0 Å². The molecule has 0 aliphatic rings. The number of anilines is 1. The average molecular weight is 324 g/mol. The molecule has 0 bridgehead atoms. The number of halogens is 1. The summed E-state index contributed by atoms with van der Waals surface area (Å²) in [4.78, 5) is 26.2. The summed E-state index contributed by atoms with van der Waals surface area (Å²) in [6.45, 7) is 0. The fourth-order valence-electron chi connectivity index (χ4n) is 1.54. The molecule has 0 spiro atoms. The SMILES string of the molecule is O=C(CSc1ncccc1Cl)Nc1ccccc1[N+](=O)[O-]. The number of carbonyl (C=O) groups excluding carboxylic acids is 1. The summed E-state index contributed by atoms with van der Waals surface area (Å²) in [6.07, 6.45) is 1.58. The number of thioether (sulfide) groups is 1. The van der Waals surface area contributed by atoms with Gasteiger partial charge in [-0.05, 0) is 18.2 Å². The molecule has 1 amide bonds. The van der Waals surface area contributed by atoms with E-state index in [-0.39, 0.29) is 23.0 Å². The number of benzene rings is 1. The molecule has 0 aliphatic carbocycles. The van der Waals surface area contributed by atoms with Gasteiger partial charge < -0.3 is 5.32 Å². The molecule has 0 saturated carbocycles. The number of carbonyl (C=O) groups is 1. The Morgan fingerprint density at radius 3 is 2.81 bits per heavy atom. The first-order chi connectivity index (χ1) is 10.1. The summed E-state index contributed by atoms with van der Waals surface area (Å²) in [5, 5.41) is 14.4. The zero-order chi connectivity index (χ0) is 15.2. The molecule has 0 unspecified atom stereocenters. The van der Waals surface area contributed by atoms with Crippen molar-refractivity contribution in [2.45, 2.75) is 5.03 Å². The van der Waals surface area contributed by atoms with E-state index >= 15 is 0 Å². The first-order valence-electron chi connectivity index (χ1n) is 5.84. The molecule has 1 aromatic carbocycles. The molecule has 0 fully saturated rings. The van der Waals surface area contributed by atoms with Gasteiger partial charge in [0.25, 0.3) is 5.69 Å². The van der Waals surface area contributed by atoms with Crippen LogP contribution in [0.1, 0.15) is 0 Å². The Bertz CT molecular complexity index is 681. The molecule has 2 rings (SSSR count). The predicted molar refractivity (Wildman–Crippen MR) is 81.7 cm³/mol. The second kappa shape index (κ2) is 7.05. The van der Waals surface area contributed by atoms with Crippen LogP contribution in [-0.2, 0) is 4.79 Å². The second-order valence-electron chi connectivity index (χ2n) is 3.90. The van der Waals surface area contributed by atoms with Gasteiger partial charge in [-0.2, -0.15) is 0 Å². The summed E-state index contributed by atoms with van der Waals surface area (Å²) >= 11 is 7.09. The number of hydrogen-bond donors (Lipinski definition) is 1. The lowest BCUT2D eigenvalue weighted by Crippen LogP contribution is -2.15. The number of rotatable bonds is 5. The highest BCUT2D eigenvalue weighted by atomic mass is 35.5. The Morgan fingerprint density at radius 1 is 1.33 bits per heavy atom. The van der Waals surface area contributed by atoms with Crippen LogP contribution in [0.3, 0.4) is 0 Å². The number of nitro groups is 1. The van der Waals surface area contributed by atoms with Crippen LogP contribution in [0, 0.1) is 10.1 Å². The summed E-state index contributed by atoms with van der Waals surface area (Å²) in [7, 11) is 0. The van der Waals surface area contributed by atoms with Crippen LogP contribution in [0.5, 0.6) is 0 Å². The quantitative estimate of drug-likeness (QED) is 0.518. The molecule has 2 aromatic rings. The molecule has 0 atom stereocenters. The fraction of sp³-hybridized carbons (Fsp3) is 0.0769. The fourth-order valence-corrected chi connectivity index (χ4v) is 2.50. The van der Waals surface area contributed by atoms with Crippen LogP contribution in [0.15, 0.2) is 47.6 Å². The summed E-state index contributed by atoms with van der Waals surface area (Å²) < 4.78 is 0. The van der Waals surface area contributed by atoms with E-state index in [1.165, 1.54) is 18.2 Å². The van der Waals surface area contributed by atoms with Gasteiger partial charge in [0.2, 0.25) is 5.91 Å². The minimum absolute atomic E-state index is 0.0583. The minimum atomic E-state index is -0.543. The second-order valence-corrected chi connectivity index (χ2v) is 5.27. The number of nitro benzene ring substituents is 1. The van der Waals surface area contributed by atoms with E-state index in [0.717, 1.165) is 11.8 Å². The van der Waals surface area contributed by atoms with E-state index in [4.69, 9.17) is 11.6 Å². The van der Waals surface area contributed by atoms with Gasteiger partial charge >= 0.3 is 0 Å². The lowest BCUT2D eigenvalue weighted by molar-refractivity contribution is -0.383. The molecule has 1 N–H and O–H groups in total. The predicted octanol–water partition coefficient (Wildman–Crippen LogP) is 3.37. The molecule has 21 heavy (non-hydrogen) atoms. The molecular weight excluding hydrogens is 314 g/mol. The van der Waals surface area contributed by atoms with E-state index in [9.17, 15) is 14.9 Å². The number of aromatic nitrogens is 1. The maximum absolute atomic E-state index is 11.8. The van der Waals surface area contributed by atoms with Crippen molar-refractivity contribution in [2.75, 3.05) is 11.1 Å². The van der Waals surface area contributed by atoms with E-state index in [1.807, 2.05) is 0 Å². The standard InChI is InChI=1S/C13H10ClN3O3S/c14-9-4-3-7-15-13(9)21-8-12(18)16-10-5-1-2-6-11(10)17(19)20/h1-7H,8H2,(H,16,18). The summed E-state index contributed by atoms with van der Waals surface area (Å²) in [5.41, 5.74) is 0.0203. The number of pyridine rings is 1. The van der Waals surface area contributed by atoms with Crippen LogP contribution >= 0.6 is 23.4 Å². The lowest BCUT2D eigenvalue weighted by atomic mass is 10.2. The van der Waals surface area contributed by atoms with Gasteiger partial charge in [-0.25, -0.2) is 4.98 Å². The number of amides is 1. The number of para-hydroxylation sites is 2. The van der Waals surface area contributed by atoms with Gasteiger partial charge in [0.05, 0.1) is 15.7 Å². The first-order valence-corrected chi connectivity index (χ1v) is 7.21. The molecule has 6 nitrogen and oxygen atoms in total. The largest absolute Gasteiger partial charge is 0.320 e. The Kier molecular flexibility index (Phi) is 5.13. The third-order valence-electron chi connectivity index (χ3n) is 2.44. The van der Waals surface area contributed by atoms with Crippen LogP contribution in [0.25, 0.3) is 0 Å². The van der Waals surface area contributed by atoms with Crippen molar-refractivity contribution in [1.29, 1.82) is 0 Å². The number of nitrogens with one attached hydrogen (secondary N) is 1. The third-order valence-corrected chi connectivity index (χ3v) is 3.86. The van der Waals surface area contributed by atoms with Gasteiger partial charge in [-0.1, -0.05) is 35.5 Å². The average Bonchev–Trinajstić information content (AvgIpc) is 2.47. The lowest BCUT2D eigenvalue weighted by Gasteiger charge is -2.06. The van der Waals surface area contributed by atoms with Crippen LogP contribution < -0.4 is 5.32 Å². The topological polar surface area (TPSA) is 85.1 Å². The van der Waals surface area contributed by atoms with E-state index < -0.39 is 4.92 Å². The van der Waals surface area contributed by atoms with Crippen molar-refractivity contribution < 1.29 is 9.72 Å². The molecule has 0 aliphatic heterocycles. The van der Waals surface area contributed by atoms with E-state index in [2.05, 4.69) is 10.3 Å². The molecule has 0 radical (unpaired) electrons. The van der Waals surface area contributed by atoms with Gasteiger partial charge in [-0.3, -0.25) is 14.9 Å². The normalized spacial score (nSPS) is 10.1. The van der Waals surface area contributed by atoms with Crippen molar-refractivity contribution in [3.05, 3.63) is 57.7 Å². The zero-order valence-electron chi connectivity index (χ0n) is 10.7. The summed E-state index contributed by atoms with van der Waals surface area (Å²) in [6, 6.07) is 9.34. The monoisotopic (exact) mass is 323 g/mol. The highest BCUT2D eigenvalue weighted by Gasteiger charge is 2.15. The molecular formula is C13H10ClN3O3S. The highest BCUT2D eigenvalue weighted by Crippen LogP contribution is 2.26. The van der Waals surface area contributed by atoms with Crippen molar-refractivity contribution >= 4 is 40.6 Å². The van der Waals surface area contributed by atoms with Gasteiger partial charge in [-0.15, -0.1) is 0 Å². The molecule has 1 aromatic heterocycles. The zero-order valence-corrected chi connectivity index (χ0v) is 12.2. The van der Waals surface area contributed by atoms with Crippen LogP contribution in [0.2, 0.25) is 5.02 Å². The van der Waals surface area contributed by atoms with E-state index in [0.29, 0.717) is 10.0 Å². The third kappa shape index (κ3) is 4.17. The molecule has 8 heteroatoms. The Labute approximate surface area is 129 Å². The Hall–Kier alpha value is -2.12. The maximum Gasteiger partial charge on any atom is 0.292 e. The maximum atomic E-state index is 11.8. The summed E-state index contributed by atoms with van der Waals surface area (Å²) in [5.74, 6) is -0.306. The Balaban J connectivity index is 2.00. The minimum Gasteiger partial charge on any atom is -0.320 e. The van der Waals surface area contributed by atoms with Gasteiger partial charge in [0, 0.05) is 12.3 Å². The number of nitrogens with zero attached hydrogens (tertiary/aromatic N) is 2. The van der Waals surface area contributed by atoms with Crippen molar-refractivity contribution in [3.8, 4) is 0 Å². The molecule has 108 valence electrons. The van der Waals surface area contributed by atoms with Crippen LogP contribution in [-0.4, -0.2) is 21.6 Å². The smallest absolute Gasteiger partial charge is 0.292 e. The van der Waals surface area contributed by atoms with Gasteiger partial charge in [0.1, 0.15) is 10.7 Å². The Morgan fingerprint density at radius 2 is 2.10 bits per heavy atom. The number of hydrogen-bond acceptors (Lipinski definition) is 5. The highest BCUT2D eigenvalue weighted by molar-refractivity contribution is 8.00. The first kappa shape index (κ1) is 15.3. The molecule has 1 heterocycles. The van der Waals surface area contributed by atoms with Crippen molar-refractivity contribution in [3.63, 3.8) is 0 Å². The van der Waals surface area contributed by atoms with Crippen molar-refractivity contribution in [2.24, 2.45) is 0 Å².